The van der Waals surface area contributed by atoms with Gasteiger partial charge < -0.3 is 15.4 Å². The summed E-state index contributed by atoms with van der Waals surface area (Å²) in [5, 5.41) is 7.79. The first-order valence-corrected chi connectivity index (χ1v) is 8.85. The lowest BCUT2D eigenvalue weighted by Crippen LogP contribution is -2.39. The van der Waals surface area contributed by atoms with E-state index in [0.29, 0.717) is 0 Å². The van der Waals surface area contributed by atoms with E-state index in [1.807, 2.05) is 30.3 Å². The lowest BCUT2D eigenvalue weighted by Gasteiger charge is -2.26. The molecule has 0 atom stereocenters. The van der Waals surface area contributed by atoms with E-state index in [0.717, 1.165) is 67.6 Å². The molecule has 1 aliphatic rings. The van der Waals surface area contributed by atoms with Crippen LogP contribution in [0.5, 0.6) is 0 Å². The topological polar surface area (TPSA) is 75.2 Å². The number of nitrogens with one attached hydrogen (secondary N) is 2. The van der Waals surface area contributed by atoms with Crippen LogP contribution >= 0.6 is 0 Å². The van der Waals surface area contributed by atoms with E-state index in [1.54, 1.807) is 12.5 Å². The lowest BCUT2D eigenvalue weighted by molar-refractivity contribution is 0.0398. The molecule has 0 bridgehead atoms. The van der Waals surface area contributed by atoms with Gasteiger partial charge in [-0.2, -0.15) is 0 Å². The minimum absolute atomic E-state index is 0.761. The first kappa shape index (κ1) is 16.7. The summed E-state index contributed by atoms with van der Waals surface area (Å²) in [6, 6.07) is 12.0. The van der Waals surface area contributed by atoms with E-state index in [-0.39, 0.29) is 0 Å². The lowest BCUT2D eigenvalue weighted by atomic mass is 10.2. The number of rotatable bonds is 6. The average Bonchev–Trinajstić information content (AvgIpc) is 2.69. The molecule has 0 saturated carbocycles. The largest absolute Gasteiger partial charge is 0.379 e. The Kier molecular flexibility index (Phi) is 5.18. The Balaban J connectivity index is 1.37. The van der Waals surface area contributed by atoms with Crippen LogP contribution in [-0.2, 0) is 4.74 Å². The van der Waals surface area contributed by atoms with Crippen LogP contribution < -0.4 is 10.6 Å². The van der Waals surface area contributed by atoms with Crippen molar-refractivity contribution in [2.45, 2.75) is 0 Å². The van der Waals surface area contributed by atoms with E-state index < -0.39 is 0 Å². The zero-order valence-electron chi connectivity index (χ0n) is 14.6. The molecule has 0 spiro atoms. The van der Waals surface area contributed by atoms with E-state index in [1.165, 1.54) is 0 Å². The van der Waals surface area contributed by atoms with Crippen molar-refractivity contribution in [2.24, 2.45) is 0 Å². The van der Waals surface area contributed by atoms with Crippen LogP contribution in [0.2, 0.25) is 0 Å². The summed E-state index contributed by atoms with van der Waals surface area (Å²) in [5.41, 5.74) is 1.95. The molecule has 1 saturated heterocycles. The highest BCUT2D eigenvalue weighted by molar-refractivity contribution is 5.83. The molecular weight excluding hydrogens is 328 g/mol. The van der Waals surface area contributed by atoms with Crippen LogP contribution in [0, 0.1) is 0 Å². The van der Waals surface area contributed by atoms with Gasteiger partial charge >= 0.3 is 0 Å². The summed E-state index contributed by atoms with van der Waals surface area (Å²) in [6.45, 7) is 5.46. The van der Waals surface area contributed by atoms with Crippen molar-refractivity contribution in [3.63, 3.8) is 0 Å². The van der Waals surface area contributed by atoms with Crippen molar-refractivity contribution in [3.8, 4) is 0 Å². The van der Waals surface area contributed by atoms with Crippen molar-refractivity contribution >= 4 is 28.2 Å². The predicted molar refractivity (Wildman–Crippen MR) is 103 cm³/mol. The molecule has 2 aromatic heterocycles. The van der Waals surface area contributed by atoms with Crippen LogP contribution in [0.1, 0.15) is 0 Å². The van der Waals surface area contributed by atoms with Gasteiger partial charge in [-0.1, -0.05) is 6.07 Å². The fourth-order valence-electron chi connectivity index (χ4n) is 2.99. The molecule has 0 amide bonds. The van der Waals surface area contributed by atoms with Gasteiger partial charge in [0.05, 0.1) is 18.7 Å². The number of anilines is 3. The third-order valence-corrected chi connectivity index (χ3v) is 4.38. The van der Waals surface area contributed by atoms with Gasteiger partial charge in [-0.25, -0.2) is 9.97 Å². The summed E-state index contributed by atoms with van der Waals surface area (Å²) in [5.74, 6) is 1.58. The van der Waals surface area contributed by atoms with Crippen molar-refractivity contribution in [1.29, 1.82) is 0 Å². The van der Waals surface area contributed by atoms with E-state index in [9.17, 15) is 0 Å². The zero-order chi connectivity index (χ0) is 17.6. The molecule has 1 aliphatic heterocycles. The molecule has 1 fully saturated rings. The number of aromatic nitrogens is 3. The number of nitrogens with zero attached hydrogens (tertiary/aromatic N) is 4. The number of pyridine rings is 1. The van der Waals surface area contributed by atoms with E-state index in [4.69, 9.17) is 4.74 Å². The molecule has 3 heterocycles. The van der Waals surface area contributed by atoms with Crippen LogP contribution in [0.25, 0.3) is 10.9 Å². The molecular formula is C19H22N6O. The summed E-state index contributed by atoms with van der Waals surface area (Å²) in [4.78, 5) is 15.3. The van der Waals surface area contributed by atoms with Crippen molar-refractivity contribution < 1.29 is 4.74 Å². The second-order valence-corrected chi connectivity index (χ2v) is 6.21. The molecule has 7 heteroatoms. The highest BCUT2D eigenvalue weighted by Crippen LogP contribution is 2.20. The molecule has 1 aromatic carbocycles. The maximum Gasteiger partial charge on any atom is 0.135 e. The maximum absolute atomic E-state index is 5.37. The fraction of sp³-hybridized carbons (Fsp3) is 0.316. The molecule has 134 valence electrons. The van der Waals surface area contributed by atoms with Crippen LogP contribution in [0.3, 0.4) is 0 Å². The smallest absolute Gasteiger partial charge is 0.135 e. The normalized spacial score (nSPS) is 15.1. The van der Waals surface area contributed by atoms with Crippen LogP contribution in [0.15, 0.2) is 48.9 Å². The summed E-state index contributed by atoms with van der Waals surface area (Å²) in [6.07, 6.45) is 3.37. The summed E-state index contributed by atoms with van der Waals surface area (Å²) >= 11 is 0. The minimum atomic E-state index is 0.761. The van der Waals surface area contributed by atoms with Crippen molar-refractivity contribution in [1.82, 2.24) is 19.9 Å². The Bertz CT molecular complexity index is 865. The second kappa shape index (κ2) is 8.07. The molecule has 2 N–H and O–H groups in total. The summed E-state index contributed by atoms with van der Waals surface area (Å²) in [7, 11) is 0. The van der Waals surface area contributed by atoms with Crippen molar-refractivity contribution in [3.05, 3.63) is 48.9 Å². The third-order valence-electron chi connectivity index (χ3n) is 4.38. The highest BCUT2D eigenvalue weighted by Gasteiger charge is 2.09. The molecule has 26 heavy (non-hydrogen) atoms. The number of hydrogen-bond donors (Lipinski definition) is 2. The summed E-state index contributed by atoms with van der Waals surface area (Å²) < 4.78 is 5.37. The quantitative estimate of drug-likeness (QED) is 0.707. The Labute approximate surface area is 152 Å². The van der Waals surface area contributed by atoms with Gasteiger partial charge in [-0.05, 0) is 24.3 Å². The van der Waals surface area contributed by atoms with Crippen LogP contribution in [0.4, 0.5) is 17.3 Å². The average molecular weight is 350 g/mol. The highest BCUT2D eigenvalue weighted by atomic mass is 16.5. The standard InChI is InChI=1S/C19H22N6O/c1-2-15-12-16(3-4-17(15)20-5-1)24-19-13-18(22-14-23-19)21-6-7-25-8-10-26-11-9-25/h1-5,12-14H,6-11H2,(H2,21,22,23,24). The van der Waals surface area contributed by atoms with Gasteiger partial charge in [0.1, 0.15) is 18.0 Å². The number of morpholine rings is 1. The molecule has 0 aliphatic carbocycles. The minimum Gasteiger partial charge on any atom is -0.379 e. The molecule has 0 radical (unpaired) electrons. The Morgan fingerprint density at radius 2 is 1.88 bits per heavy atom. The number of fused-ring (bicyclic) bond motifs is 1. The van der Waals surface area contributed by atoms with Gasteiger partial charge in [0.15, 0.2) is 0 Å². The third kappa shape index (κ3) is 4.25. The number of ether oxygens (including phenoxy) is 1. The first-order chi connectivity index (χ1) is 12.9. The van der Waals surface area contributed by atoms with E-state index in [2.05, 4.69) is 36.6 Å². The van der Waals surface area contributed by atoms with E-state index >= 15 is 0 Å². The second-order valence-electron chi connectivity index (χ2n) is 6.21. The van der Waals surface area contributed by atoms with Gasteiger partial charge in [0, 0.05) is 49.5 Å². The Morgan fingerprint density at radius 1 is 1.00 bits per heavy atom. The molecule has 7 nitrogen and oxygen atoms in total. The van der Waals surface area contributed by atoms with Gasteiger partial charge in [-0.15, -0.1) is 0 Å². The number of hydrogen-bond acceptors (Lipinski definition) is 7. The molecule has 4 rings (SSSR count). The fourth-order valence-corrected chi connectivity index (χ4v) is 2.99. The Morgan fingerprint density at radius 3 is 2.81 bits per heavy atom. The number of benzene rings is 1. The zero-order valence-corrected chi connectivity index (χ0v) is 14.6. The monoisotopic (exact) mass is 350 g/mol. The Hall–Kier alpha value is -2.77. The van der Waals surface area contributed by atoms with Gasteiger partial charge in [0.2, 0.25) is 0 Å². The van der Waals surface area contributed by atoms with Gasteiger partial charge in [0.25, 0.3) is 0 Å². The van der Waals surface area contributed by atoms with Crippen LogP contribution in [-0.4, -0.2) is 59.2 Å². The van der Waals surface area contributed by atoms with Gasteiger partial charge in [-0.3, -0.25) is 9.88 Å². The predicted octanol–water partition coefficient (Wildman–Crippen LogP) is 2.51. The van der Waals surface area contributed by atoms with Crippen molar-refractivity contribution in [2.75, 3.05) is 50.0 Å². The molecule has 0 unspecified atom stereocenters. The maximum atomic E-state index is 5.37. The SMILES string of the molecule is c1cnc2ccc(Nc3cc(NCCN4CCOCC4)ncn3)cc2c1. The first-order valence-electron chi connectivity index (χ1n) is 8.85. The molecule has 3 aromatic rings.